The Kier molecular flexibility index (Phi) is 3.75. The molecular formula is C16H19N3. The summed E-state index contributed by atoms with van der Waals surface area (Å²) in [5, 5.41) is 7.98. The van der Waals surface area contributed by atoms with Gasteiger partial charge in [-0.25, -0.2) is 0 Å². The number of rotatable bonds is 5. The second-order valence-electron chi connectivity index (χ2n) is 5.05. The fraction of sp³-hybridized carbons (Fsp3) is 0.312. The third kappa shape index (κ3) is 3.32. The average molecular weight is 253 g/mol. The van der Waals surface area contributed by atoms with Gasteiger partial charge in [0.05, 0.1) is 12.7 Å². The number of aromatic nitrogens is 2. The van der Waals surface area contributed by atoms with Gasteiger partial charge in [-0.15, -0.1) is 0 Å². The first kappa shape index (κ1) is 12.2. The van der Waals surface area contributed by atoms with Crippen LogP contribution in [0.2, 0.25) is 0 Å². The van der Waals surface area contributed by atoms with Crippen LogP contribution < -0.4 is 5.32 Å². The number of nitrogens with zero attached hydrogens (tertiary/aromatic N) is 2. The van der Waals surface area contributed by atoms with E-state index in [-0.39, 0.29) is 0 Å². The lowest BCUT2D eigenvalue weighted by molar-refractivity contribution is 0.538. The molecule has 0 fully saturated rings. The maximum absolute atomic E-state index is 4.42. The van der Waals surface area contributed by atoms with Crippen molar-refractivity contribution < 1.29 is 0 Å². The third-order valence-electron chi connectivity index (χ3n) is 3.48. The lowest BCUT2D eigenvalue weighted by Crippen LogP contribution is -2.25. The number of benzene rings is 1. The van der Waals surface area contributed by atoms with E-state index in [0.717, 1.165) is 25.9 Å². The fourth-order valence-electron chi connectivity index (χ4n) is 2.40. The Morgan fingerprint density at radius 1 is 1.11 bits per heavy atom. The first-order valence-corrected chi connectivity index (χ1v) is 6.84. The summed E-state index contributed by atoms with van der Waals surface area (Å²) in [5.74, 6) is 0. The maximum Gasteiger partial charge on any atom is 0.0659 e. The minimum Gasteiger partial charge on any atom is -0.309 e. The van der Waals surface area contributed by atoms with Gasteiger partial charge in [-0.2, -0.15) is 5.10 Å². The van der Waals surface area contributed by atoms with Crippen LogP contribution in [-0.4, -0.2) is 15.8 Å². The van der Waals surface area contributed by atoms with Crippen LogP contribution in [-0.2, 0) is 13.1 Å². The van der Waals surface area contributed by atoms with Gasteiger partial charge in [-0.1, -0.05) is 42.5 Å². The minimum atomic E-state index is 0.609. The number of hydrogen-bond donors (Lipinski definition) is 1. The zero-order chi connectivity index (χ0) is 12.9. The van der Waals surface area contributed by atoms with E-state index in [1.165, 1.54) is 11.1 Å². The highest BCUT2D eigenvalue weighted by Gasteiger charge is 2.09. The molecule has 19 heavy (non-hydrogen) atoms. The monoisotopic (exact) mass is 253 g/mol. The van der Waals surface area contributed by atoms with E-state index in [1.54, 1.807) is 0 Å². The van der Waals surface area contributed by atoms with Gasteiger partial charge in [0.15, 0.2) is 0 Å². The van der Waals surface area contributed by atoms with Gasteiger partial charge in [-0.3, -0.25) is 4.68 Å². The van der Waals surface area contributed by atoms with Crippen molar-refractivity contribution in [3.63, 3.8) is 0 Å². The summed E-state index contributed by atoms with van der Waals surface area (Å²) in [6.07, 6.45) is 10.9. The molecule has 0 saturated heterocycles. The quantitative estimate of drug-likeness (QED) is 0.830. The van der Waals surface area contributed by atoms with Crippen LogP contribution in [0.25, 0.3) is 0 Å². The molecular weight excluding hydrogens is 234 g/mol. The molecule has 0 bridgehead atoms. The SMILES string of the molecule is C1=CCC(NCc2cnn(Cc3ccccc3)c2)C1. The Bertz CT molecular complexity index is 534. The zero-order valence-electron chi connectivity index (χ0n) is 11.0. The van der Waals surface area contributed by atoms with Crippen molar-refractivity contribution in [1.82, 2.24) is 15.1 Å². The summed E-state index contributed by atoms with van der Waals surface area (Å²) in [6, 6.07) is 11.0. The van der Waals surface area contributed by atoms with Crippen LogP contribution in [0.4, 0.5) is 0 Å². The van der Waals surface area contributed by atoms with E-state index in [0.29, 0.717) is 6.04 Å². The molecule has 0 amide bonds. The van der Waals surface area contributed by atoms with Gasteiger partial charge >= 0.3 is 0 Å². The van der Waals surface area contributed by atoms with Crippen LogP contribution in [0, 0.1) is 0 Å². The van der Waals surface area contributed by atoms with E-state index in [9.17, 15) is 0 Å². The summed E-state index contributed by atoms with van der Waals surface area (Å²) in [6.45, 7) is 1.74. The van der Waals surface area contributed by atoms with Crippen molar-refractivity contribution >= 4 is 0 Å². The van der Waals surface area contributed by atoms with Crippen LogP contribution in [0.1, 0.15) is 24.0 Å². The molecule has 1 aromatic carbocycles. The molecule has 0 aliphatic heterocycles. The molecule has 0 spiro atoms. The summed E-state index contributed by atoms with van der Waals surface area (Å²) in [4.78, 5) is 0. The Balaban J connectivity index is 1.54. The Morgan fingerprint density at radius 3 is 2.68 bits per heavy atom. The molecule has 0 saturated carbocycles. The lowest BCUT2D eigenvalue weighted by atomic mass is 10.2. The van der Waals surface area contributed by atoms with Crippen molar-refractivity contribution in [1.29, 1.82) is 0 Å². The van der Waals surface area contributed by atoms with Crippen LogP contribution in [0.3, 0.4) is 0 Å². The van der Waals surface area contributed by atoms with E-state index in [1.807, 2.05) is 16.9 Å². The van der Waals surface area contributed by atoms with Gasteiger partial charge in [0, 0.05) is 24.3 Å². The first-order chi connectivity index (χ1) is 9.40. The predicted molar refractivity (Wildman–Crippen MR) is 76.8 cm³/mol. The fourth-order valence-corrected chi connectivity index (χ4v) is 2.40. The van der Waals surface area contributed by atoms with Crippen molar-refractivity contribution in [3.8, 4) is 0 Å². The van der Waals surface area contributed by atoms with Crippen LogP contribution in [0.15, 0.2) is 54.9 Å². The molecule has 1 heterocycles. The lowest BCUT2D eigenvalue weighted by Gasteiger charge is -2.10. The summed E-state index contributed by atoms with van der Waals surface area (Å²) < 4.78 is 2.00. The van der Waals surface area contributed by atoms with Crippen LogP contribution in [0.5, 0.6) is 0 Å². The van der Waals surface area contributed by atoms with Crippen molar-refractivity contribution in [2.45, 2.75) is 32.0 Å². The highest BCUT2D eigenvalue weighted by molar-refractivity contribution is 5.15. The van der Waals surface area contributed by atoms with Gasteiger partial charge < -0.3 is 5.32 Å². The van der Waals surface area contributed by atoms with Gasteiger partial charge in [0.25, 0.3) is 0 Å². The Hall–Kier alpha value is -1.87. The predicted octanol–water partition coefficient (Wildman–Crippen LogP) is 2.74. The zero-order valence-corrected chi connectivity index (χ0v) is 11.0. The molecule has 2 aromatic rings. The Morgan fingerprint density at radius 2 is 1.89 bits per heavy atom. The largest absolute Gasteiger partial charge is 0.309 e. The van der Waals surface area contributed by atoms with Gasteiger partial charge in [0.2, 0.25) is 0 Å². The summed E-state index contributed by atoms with van der Waals surface area (Å²) >= 11 is 0. The van der Waals surface area contributed by atoms with Crippen LogP contribution >= 0.6 is 0 Å². The third-order valence-corrected chi connectivity index (χ3v) is 3.48. The van der Waals surface area contributed by atoms with Crippen molar-refractivity contribution in [2.75, 3.05) is 0 Å². The number of hydrogen-bond acceptors (Lipinski definition) is 2. The smallest absolute Gasteiger partial charge is 0.0659 e. The van der Waals surface area contributed by atoms with E-state index < -0.39 is 0 Å². The van der Waals surface area contributed by atoms with E-state index in [2.05, 4.69) is 53.0 Å². The average Bonchev–Trinajstić information content (AvgIpc) is 3.09. The normalized spacial score (nSPS) is 15.2. The van der Waals surface area contributed by atoms with E-state index >= 15 is 0 Å². The molecule has 0 atom stereocenters. The Labute approximate surface area is 114 Å². The molecule has 1 aromatic heterocycles. The molecule has 0 unspecified atom stereocenters. The second-order valence-corrected chi connectivity index (χ2v) is 5.05. The summed E-state index contributed by atoms with van der Waals surface area (Å²) in [7, 11) is 0. The highest BCUT2D eigenvalue weighted by Crippen LogP contribution is 2.10. The highest BCUT2D eigenvalue weighted by atomic mass is 15.3. The number of nitrogens with one attached hydrogen (secondary N) is 1. The topological polar surface area (TPSA) is 29.9 Å². The molecule has 1 aliphatic rings. The van der Waals surface area contributed by atoms with Crippen molar-refractivity contribution in [3.05, 3.63) is 66.0 Å². The molecule has 3 heteroatoms. The molecule has 98 valence electrons. The molecule has 3 rings (SSSR count). The van der Waals surface area contributed by atoms with Crippen molar-refractivity contribution in [2.24, 2.45) is 0 Å². The molecule has 3 nitrogen and oxygen atoms in total. The summed E-state index contributed by atoms with van der Waals surface area (Å²) in [5.41, 5.74) is 2.54. The van der Waals surface area contributed by atoms with E-state index in [4.69, 9.17) is 0 Å². The van der Waals surface area contributed by atoms with Gasteiger partial charge in [0.1, 0.15) is 0 Å². The molecule has 1 aliphatic carbocycles. The maximum atomic E-state index is 4.42. The van der Waals surface area contributed by atoms with Gasteiger partial charge in [-0.05, 0) is 18.4 Å². The second kappa shape index (κ2) is 5.85. The molecule has 0 radical (unpaired) electrons. The minimum absolute atomic E-state index is 0.609. The molecule has 1 N–H and O–H groups in total. The first-order valence-electron chi connectivity index (χ1n) is 6.84. The standard InChI is InChI=1S/C16H19N3/c1-2-6-14(7-3-1)12-19-13-15(11-18-19)10-17-16-8-4-5-9-16/h1-7,11,13,16-17H,8-10,12H2.